The molecule has 2 fully saturated rings. The molecular formula is C21H23NO4. The molecule has 2 aromatic carbocycles. The molecule has 136 valence electrons. The maximum absolute atomic E-state index is 11.5. The van der Waals surface area contributed by atoms with Crippen LogP contribution in [0.1, 0.15) is 24.0 Å². The highest BCUT2D eigenvalue weighted by Crippen LogP contribution is 2.44. The number of hydrogen-bond acceptors (Lipinski definition) is 5. The van der Waals surface area contributed by atoms with Crippen LogP contribution in [0, 0.1) is 0 Å². The number of piperidine rings is 1. The van der Waals surface area contributed by atoms with Gasteiger partial charge in [0.15, 0.2) is 11.5 Å². The first kappa shape index (κ1) is 16.1. The third-order valence-corrected chi connectivity index (χ3v) is 5.82. The van der Waals surface area contributed by atoms with Gasteiger partial charge in [-0.05, 0) is 36.1 Å². The average Bonchev–Trinajstić information content (AvgIpc) is 3.11. The lowest BCUT2D eigenvalue weighted by Gasteiger charge is -2.52. The predicted molar refractivity (Wildman–Crippen MR) is 96.1 cm³/mol. The fourth-order valence-electron chi connectivity index (χ4n) is 4.52. The molecule has 2 aromatic rings. The van der Waals surface area contributed by atoms with Gasteiger partial charge >= 0.3 is 0 Å². The summed E-state index contributed by atoms with van der Waals surface area (Å²) in [4.78, 5) is 2.50. The number of aliphatic hydroxyl groups is 1. The number of hydrogen-bond donors (Lipinski definition) is 1. The summed E-state index contributed by atoms with van der Waals surface area (Å²) >= 11 is 0. The summed E-state index contributed by atoms with van der Waals surface area (Å²) in [7, 11) is 0. The van der Waals surface area contributed by atoms with Crippen molar-refractivity contribution in [3.63, 3.8) is 0 Å². The average molecular weight is 353 g/mol. The lowest BCUT2D eigenvalue weighted by molar-refractivity contribution is -0.149. The Hall–Kier alpha value is -2.08. The van der Waals surface area contributed by atoms with E-state index in [9.17, 15) is 5.11 Å². The van der Waals surface area contributed by atoms with Crippen molar-refractivity contribution in [1.29, 1.82) is 0 Å². The molecule has 1 N–H and O–H groups in total. The van der Waals surface area contributed by atoms with Crippen LogP contribution in [0.2, 0.25) is 0 Å². The topological polar surface area (TPSA) is 51.2 Å². The molecule has 3 aliphatic rings. The molecule has 3 heterocycles. The number of ether oxygens (including phenoxy) is 3. The quantitative estimate of drug-likeness (QED) is 0.919. The Bertz CT molecular complexity index is 780. The van der Waals surface area contributed by atoms with Gasteiger partial charge in [-0.15, -0.1) is 0 Å². The van der Waals surface area contributed by atoms with E-state index in [0.29, 0.717) is 26.1 Å². The minimum absolute atomic E-state index is 0.207. The lowest BCUT2D eigenvalue weighted by Crippen LogP contribution is -2.60. The van der Waals surface area contributed by atoms with Crippen LogP contribution in [0.5, 0.6) is 11.5 Å². The number of nitrogens with zero attached hydrogens (tertiary/aromatic N) is 1. The first-order valence-electron chi connectivity index (χ1n) is 9.21. The van der Waals surface area contributed by atoms with E-state index in [-0.39, 0.29) is 18.9 Å². The number of benzene rings is 2. The second-order valence-electron chi connectivity index (χ2n) is 7.51. The van der Waals surface area contributed by atoms with Crippen molar-refractivity contribution >= 4 is 0 Å². The fraction of sp³-hybridized carbons (Fsp3) is 0.429. The van der Waals surface area contributed by atoms with E-state index in [4.69, 9.17) is 14.2 Å². The first-order valence-corrected chi connectivity index (χ1v) is 9.21. The second-order valence-corrected chi connectivity index (χ2v) is 7.51. The molecule has 0 saturated carbocycles. The Labute approximate surface area is 153 Å². The van der Waals surface area contributed by atoms with E-state index >= 15 is 0 Å². The third-order valence-electron chi connectivity index (χ3n) is 5.82. The number of fused-ring (bicyclic) bond motifs is 3. The van der Waals surface area contributed by atoms with Crippen LogP contribution in [0.25, 0.3) is 0 Å². The van der Waals surface area contributed by atoms with Crippen molar-refractivity contribution in [2.24, 2.45) is 0 Å². The Morgan fingerprint density at radius 1 is 0.962 bits per heavy atom. The molecule has 5 rings (SSSR count). The lowest BCUT2D eigenvalue weighted by atomic mass is 9.76. The van der Waals surface area contributed by atoms with Gasteiger partial charge in [-0.3, -0.25) is 4.90 Å². The van der Waals surface area contributed by atoms with Gasteiger partial charge in [0.05, 0.1) is 18.8 Å². The highest BCUT2D eigenvalue weighted by atomic mass is 16.7. The standard InChI is InChI=1S/C21H23NO4/c23-21(16-6-7-19-20(8-16)26-14-25-19)9-17-12-24-13-18(10-21)22(17)11-15-4-2-1-3-5-15/h1-8,17-18,23H,9-14H2. The maximum atomic E-state index is 11.5. The third kappa shape index (κ3) is 2.76. The molecule has 0 spiro atoms. The smallest absolute Gasteiger partial charge is 0.231 e. The molecule has 5 nitrogen and oxygen atoms in total. The molecule has 2 saturated heterocycles. The summed E-state index contributed by atoms with van der Waals surface area (Å²) in [6.07, 6.45) is 1.33. The molecule has 26 heavy (non-hydrogen) atoms. The molecule has 2 atom stereocenters. The summed E-state index contributed by atoms with van der Waals surface area (Å²) in [5.41, 5.74) is 1.36. The van der Waals surface area contributed by atoms with Crippen LogP contribution in [0.3, 0.4) is 0 Å². The fourth-order valence-corrected chi connectivity index (χ4v) is 4.52. The summed E-state index contributed by atoms with van der Waals surface area (Å²) in [5.74, 6) is 1.48. The minimum atomic E-state index is -0.854. The van der Waals surface area contributed by atoms with Gasteiger partial charge < -0.3 is 19.3 Å². The summed E-state index contributed by atoms with van der Waals surface area (Å²) in [5, 5.41) is 11.5. The Morgan fingerprint density at radius 2 is 1.69 bits per heavy atom. The van der Waals surface area contributed by atoms with Crippen molar-refractivity contribution < 1.29 is 19.3 Å². The van der Waals surface area contributed by atoms with Gasteiger partial charge in [-0.2, -0.15) is 0 Å². The van der Waals surface area contributed by atoms with Gasteiger partial charge in [-0.1, -0.05) is 36.4 Å². The van der Waals surface area contributed by atoms with Gasteiger partial charge in [0.2, 0.25) is 6.79 Å². The zero-order chi connectivity index (χ0) is 17.6. The van der Waals surface area contributed by atoms with Crippen molar-refractivity contribution in [3.05, 3.63) is 59.7 Å². The highest BCUT2D eigenvalue weighted by molar-refractivity contribution is 5.46. The molecule has 0 amide bonds. The molecule has 5 heteroatoms. The molecule has 2 bridgehead atoms. The summed E-state index contributed by atoms with van der Waals surface area (Å²) in [6, 6.07) is 16.7. The van der Waals surface area contributed by atoms with Crippen LogP contribution in [-0.4, -0.2) is 42.1 Å². The largest absolute Gasteiger partial charge is 0.454 e. The van der Waals surface area contributed by atoms with Crippen LogP contribution >= 0.6 is 0 Å². The number of rotatable bonds is 3. The van der Waals surface area contributed by atoms with Gasteiger partial charge in [-0.25, -0.2) is 0 Å². The number of morpholine rings is 1. The summed E-state index contributed by atoms with van der Waals surface area (Å²) in [6.45, 7) is 2.48. The SMILES string of the molecule is OC1(c2ccc3c(c2)OCO3)CC2COCC(C1)N2Cc1ccccc1. The van der Waals surface area contributed by atoms with E-state index in [0.717, 1.165) is 23.6 Å². The highest BCUT2D eigenvalue weighted by Gasteiger charge is 2.47. The van der Waals surface area contributed by atoms with Crippen molar-refractivity contribution in [1.82, 2.24) is 4.90 Å². The van der Waals surface area contributed by atoms with Gasteiger partial charge in [0.25, 0.3) is 0 Å². The minimum Gasteiger partial charge on any atom is -0.454 e. The maximum Gasteiger partial charge on any atom is 0.231 e. The molecular weight excluding hydrogens is 330 g/mol. The van der Waals surface area contributed by atoms with Crippen molar-refractivity contribution in [2.75, 3.05) is 20.0 Å². The zero-order valence-electron chi connectivity index (χ0n) is 14.6. The second kappa shape index (κ2) is 6.27. The van der Waals surface area contributed by atoms with Gasteiger partial charge in [0.1, 0.15) is 0 Å². The molecule has 2 unspecified atom stereocenters. The monoisotopic (exact) mass is 353 g/mol. The van der Waals surface area contributed by atoms with E-state index in [1.165, 1.54) is 5.56 Å². The first-order chi connectivity index (χ1) is 12.7. The van der Waals surface area contributed by atoms with Crippen LogP contribution in [-0.2, 0) is 16.9 Å². The van der Waals surface area contributed by atoms with Crippen LogP contribution < -0.4 is 9.47 Å². The van der Waals surface area contributed by atoms with Crippen LogP contribution in [0.4, 0.5) is 0 Å². The van der Waals surface area contributed by atoms with Gasteiger partial charge in [0, 0.05) is 18.6 Å². The predicted octanol–water partition coefficient (Wildman–Crippen LogP) is 2.67. The zero-order valence-corrected chi connectivity index (χ0v) is 14.6. The molecule has 0 radical (unpaired) electrons. The van der Waals surface area contributed by atoms with E-state index in [2.05, 4.69) is 29.2 Å². The Morgan fingerprint density at radius 3 is 2.46 bits per heavy atom. The van der Waals surface area contributed by atoms with E-state index in [1.807, 2.05) is 24.3 Å². The Balaban J connectivity index is 1.40. The Kier molecular flexibility index (Phi) is 3.89. The van der Waals surface area contributed by atoms with E-state index < -0.39 is 5.60 Å². The van der Waals surface area contributed by atoms with Crippen LogP contribution in [0.15, 0.2) is 48.5 Å². The molecule has 0 aliphatic carbocycles. The molecule has 3 aliphatic heterocycles. The normalized spacial score (nSPS) is 30.3. The van der Waals surface area contributed by atoms with Crippen molar-refractivity contribution in [2.45, 2.75) is 37.1 Å². The van der Waals surface area contributed by atoms with E-state index in [1.54, 1.807) is 0 Å². The summed E-state index contributed by atoms with van der Waals surface area (Å²) < 4.78 is 16.7. The van der Waals surface area contributed by atoms with Crippen molar-refractivity contribution in [3.8, 4) is 11.5 Å². The molecule has 0 aromatic heterocycles.